The molecule has 28 heavy (non-hydrogen) atoms. The molecule has 4 nitrogen and oxygen atoms in total. The van der Waals surface area contributed by atoms with E-state index in [0.29, 0.717) is 6.42 Å². The molecule has 1 fully saturated rings. The Kier molecular flexibility index (Phi) is 6.03. The quantitative estimate of drug-likeness (QED) is 0.770. The van der Waals surface area contributed by atoms with Crippen molar-refractivity contribution < 1.29 is 9.59 Å². The largest absolute Gasteiger partial charge is 0.341 e. The SMILES string of the molecule is O=C1CCC(c2ccccc2)=C1CC(=O)N1CCCN(Cc2cccs2)CC1. The van der Waals surface area contributed by atoms with Gasteiger partial charge in [0.15, 0.2) is 5.78 Å². The molecule has 5 heteroatoms. The van der Waals surface area contributed by atoms with E-state index >= 15 is 0 Å². The molecular formula is C23H26N2O2S. The summed E-state index contributed by atoms with van der Waals surface area (Å²) in [6.45, 7) is 4.39. The van der Waals surface area contributed by atoms with Gasteiger partial charge in [0.1, 0.15) is 0 Å². The van der Waals surface area contributed by atoms with Crippen molar-refractivity contribution in [2.75, 3.05) is 26.2 Å². The molecule has 2 heterocycles. The van der Waals surface area contributed by atoms with Gasteiger partial charge in [-0.05, 0) is 35.4 Å². The van der Waals surface area contributed by atoms with E-state index in [1.54, 1.807) is 11.3 Å². The minimum Gasteiger partial charge on any atom is -0.341 e. The second kappa shape index (κ2) is 8.84. The zero-order valence-electron chi connectivity index (χ0n) is 16.1. The van der Waals surface area contributed by atoms with Crippen molar-refractivity contribution in [1.29, 1.82) is 0 Å². The van der Waals surface area contributed by atoms with Crippen LogP contribution in [0.15, 0.2) is 53.4 Å². The number of benzene rings is 1. The summed E-state index contributed by atoms with van der Waals surface area (Å²) in [4.78, 5) is 31.2. The van der Waals surface area contributed by atoms with Gasteiger partial charge in [0.2, 0.25) is 5.91 Å². The lowest BCUT2D eigenvalue weighted by Crippen LogP contribution is -2.35. The highest BCUT2D eigenvalue weighted by Gasteiger charge is 2.28. The fourth-order valence-electron chi connectivity index (χ4n) is 4.14. The van der Waals surface area contributed by atoms with Crippen molar-refractivity contribution in [1.82, 2.24) is 9.80 Å². The predicted molar refractivity (Wildman–Crippen MR) is 113 cm³/mol. The van der Waals surface area contributed by atoms with Crippen LogP contribution >= 0.6 is 11.3 Å². The van der Waals surface area contributed by atoms with Crippen molar-refractivity contribution in [2.45, 2.75) is 32.2 Å². The number of nitrogens with zero attached hydrogens (tertiary/aromatic N) is 2. The molecule has 0 saturated carbocycles. The topological polar surface area (TPSA) is 40.6 Å². The van der Waals surface area contributed by atoms with Crippen molar-refractivity contribution >= 4 is 28.6 Å². The van der Waals surface area contributed by atoms with E-state index in [1.165, 1.54) is 4.88 Å². The number of Topliss-reactive ketones (excluding diaryl/α,β-unsaturated/α-hetero) is 1. The van der Waals surface area contributed by atoms with Crippen molar-refractivity contribution in [3.63, 3.8) is 0 Å². The third-order valence-electron chi connectivity index (χ3n) is 5.65. The molecular weight excluding hydrogens is 368 g/mol. The Hall–Kier alpha value is -2.24. The van der Waals surface area contributed by atoms with Crippen LogP contribution in [0.5, 0.6) is 0 Å². The molecule has 4 rings (SSSR count). The Morgan fingerprint density at radius 3 is 2.61 bits per heavy atom. The van der Waals surface area contributed by atoms with E-state index in [9.17, 15) is 9.59 Å². The molecule has 1 aliphatic carbocycles. The van der Waals surface area contributed by atoms with Crippen LogP contribution in [0, 0.1) is 0 Å². The molecule has 146 valence electrons. The maximum atomic E-state index is 13.0. The Morgan fingerprint density at radius 1 is 0.964 bits per heavy atom. The van der Waals surface area contributed by atoms with Gasteiger partial charge >= 0.3 is 0 Å². The number of hydrogen-bond acceptors (Lipinski definition) is 4. The molecule has 1 amide bonds. The van der Waals surface area contributed by atoms with E-state index < -0.39 is 0 Å². The number of ketones is 1. The number of hydrogen-bond donors (Lipinski definition) is 0. The van der Waals surface area contributed by atoms with E-state index in [4.69, 9.17) is 0 Å². The molecule has 2 aliphatic rings. The first-order valence-corrected chi connectivity index (χ1v) is 10.9. The summed E-state index contributed by atoms with van der Waals surface area (Å²) in [5.74, 6) is 0.234. The average Bonchev–Trinajstić information content (AvgIpc) is 3.27. The van der Waals surface area contributed by atoms with Gasteiger partial charge in [0.05, 0.1) is 6.42 Å². The fraction of sp³-hybridized carbons (Fsp3) is 0.391. The minimum absolute atomic E-state index is 0.0941. The van der Waals surface area contributed by atoms with Crippen LogP contribution in [-0.2, 0) is 16.1 Å². The van der Waals surface area contributed by atoms with Crippen molar-refractivity contribution in [2.24, 2.45) is 0 Å². The molecule has 1 saturated heterocycles. The summed E-state index contributed by atoms with van der Waals surface area (Å²) in [6, 6.07) is 14.3. The third kappa shape index (κ3) is 4.42. The Balaban J connectivity index is 1.41. The third-order valence-corrected chi connectivity index (χ3v) is 6.52. The molecule has 0 bridgehead atoms. The van der Waals surface area contributed by atoms with E-state index in [2.05, 4.69) is 22.4 Å². The zero-order chi connectivity index (χ0) is 19.3. The van der Waals surface area contributed by atoms with Crippen LogP contribution in [0.4, 0.5) is 0 Å². The highest BCUT2D eigenvalue weighted by atomic mass is 32.1. The predicted octanol–water partition coefficient (Wildman–Crippen LogP) is 3.99. The molecule has 0 unspecified atom stereocenters. The maximum Gasteiger partial charge on any atom is 0.227 e. The first kappa shape index (κ1) is 19.1. The highest BCUT2D eigenvalue weighted by Crippen LogP contribution is 2.33. The summed E-state index contributed by atoms with van der Waals surface area (Å²) < 4.78 is 0. The summed E-state index contributed by atoms with van der Waals surface area (Å²) in [7, 11) is 0. The normalized spacial score (nSPS) is 18.6. The molecule has 0 radical (unpaired) electrons. The number of carbonyl (C=O) groups is 2. The van der Waals surface area contributed by atoms with Crippen LogP contribution in [0.3, 0.4) is 0 Å². The maximum absolute atomic E-state index is 13.0. The van der Waals surface area contributed by atoms with Gasteiger partial charge in [0.25, 0.3) is 0 Å². The van der Waals surface area contributed by atoms with Crippen LogP contribution in [0.25, 0.3) is 5.57 Å². The number of rotatable bonds is 5. The Bertz CT molecular complexity index is 858. The monoisotopic (exact) mass is 394 g/mol. The zero-order valence-corrected chi connectivity index (χ0v) is 16.9. The second-order valence-corrected chi connectivity index (χ2v) is 8.55. The first-order valence-electron chi connectivity index (χ1n) is 10.0. The molecule has 1 aliphatic heterocycles. The fourth-order valence-corrected chi connectivity index (χ4v) is 4.88. The number of amides is 1. The standard InChI is InChI=1S/C23H26N2O2S/c26-22-10-9-20(18-6-2-1-3-7-18)21(22)16-23(27)25-12-5-11-24(13-14-25)17-19-8-4-15-28-19/h1-4,6-8,15H,5,9-14,16-17H2. The van der Waals surface area contributed by atoms with E-state index in [1.807, 2.05) is 35.2 Å². The molecule has 1 aromatic heterocycles. The molecule has 1 aromatic carbocycles. The number of allylic oxidation sites excluding steroid dienone is 1. The first-order chi connectivity index (χ1) is 13.7. The Morgan fingerprint density at radius 2 is 1.82 bits per heavy atom. The van der Waals surface area contributed by atoms with Gasteiger partial charge in [0, 0.05) is 49.6 Å². The number of thiophene rings is 1. The number of carbonyl (C=O) groups excluding carboxylic acids is 2. The van der Waals surface area contributed by atoms with Crippen molar-refractivity contribution in [3.05, 3.63) is 63.9 Å². The smallest absolute Gasteiger partial charge is 0.227 e. The van der Waals surface area contributed by atoms with Crippen LogP contribution in [0.2, 0.25) is 0 Å². The lowest BCUT2D eigenvalue weighted by Gasteiger charge is -2.22. The van der Waals surface area contributed by atoms with Crippen LogP contribution in [-0.4, -0.2) is 47.7 Å². The highest BCUT2D eigenvalue weighted by molar-refractivity contribution is 7.09. The molecule has 0 atom stereocenters. The lowest BCUT2D eigenvalue weighted by atomic mass is 9.99. The van der Waals surface area contributed by atoms with Gasteiger partial charge in [-0.1, -0.05) is 36.4 Å². The molecule has 2 aromatic rings. The van der Waals surface area contributed by atoms with Gasteiger partial charge < -0.3 is 4.90 Å². The van der Waals surface area contributed by atoms with Gasteiger partial charge in [-0.15, -0.1) is 11.3 Å². The average molecular weight is 395 g/mol. The summed E-state index contributed by atoms with van der Waals surface area (Å²) in [6.07, 6.45) is 2.51. The second-order valence-electron chi connectivity index (χ2n) is 7.51. The van der Waals surface area contributed by atoms with Gasteiger partial charge in [-0.3, -0.25) is 14.5 Å². The Labute approximate surface area is 170 Å². The van der Waals surface area contributed by atoms with Gasteiger partial charge in [-0.25, -0.2) is 0 Å². The summed E-state index contributed by atoms with van der Waals surface area (Å²) in [5, 5.41) is 2.11. The minimum atomic E-state index is 0.0941. The van der Waals surface area contributed by atoms with Crippen molar-refractivity contribution in [3.8, 4) is 0 Å². The van der Waals surface area contributed by atoms with Gasteiger partial charge in [-0.2, -0.15) is 0 Å². The lowest BCUT2D eigenvalue weighted by molar-refractivity contribution is -0.131. The summed E-state index contributed by atoms with van der Waals surface area (Å²) >= 11 is 1.78. The van der Waals surface area contributed by atoms with E-state index in [-0.39, 0.29) is 18.1 Å². The summed E-state index contributed by atoms with van der Waals surface area (Å²) in [5.41, 5.74) is 2.87. The molecule has 0 spiro atoms. The van der Waals surface area contributed by atoms with Crippen LogP contribution in [0.1, 0.15) is 36.1 Å². The van der Waals surface area contributed by atoms with Crippen LogP contribution < -0.4 is 0 Å². The van der Waals surface area contributed by atoms with E-state index in [0.717, 1.165) is 62.3 Å². The molecule has 0 N–H and O–H groups in total.